The van der Waals surface area contributed by atoms with E-state index in [9.17, 15) is 14.4 Å². The highest BCUT2D eigenvalue weighted by Gasteiger charge is 2.13. The summed E-state index contributed by atoms with van der Waals surface area (Å²) in [6, 6.07) is 14.1. The number of anilines is 1. The van der Waals surface area contributed by atoms with Gasteiger partial charge in [-0.05, 0) is 30.2 Å². The van der Waals surface area contributed by atoms with Crippen LogP contribution >= 0.6 is 0 Å². The zero-order valence-corrected chi connectivity index (χ0v) is 15.5. The minimum absolute atomic E-state index is 0.00969. The van der Waals surface area contributed by atoms with Gasteiger partial charge in [-0.1, -0.05) is 37.3 Å². The van der Waals surface area contributed by atoms with Crippen molar-refractivity contribution in [3.05, 3.63) is 59.7 Å². The Morgan fingerprint density at radius 2 is 1.78 bits per heavy atom. The SMILES string of the molecule is CCc1ccccc1NC(=O)CCC(=O)OCC(=O)c1cccc(OC)c1. The van der Waals surface area contributed by atoms with Gasteiger partial charge < -0.3 is 14.8 Å². The van der Waals surface area contributed by atoms with Crippen LogP contribution in [0, 0.1) is 0 Å². The lowest BCUT2D eigenvalue weighted by molar-refractivity contribution is -0.143. The Morgan fingerprint density at radius 1 is 1.00 bits per heavy atom. The van der Waals surface area contributed by atoms with Crippen molar-refractivity contribution in [2.45, 2.75) is 26.2 Å². The maximum absolute atomic E-state index is 12.1. The number of ketones is 1. The molecule has 6 heteroatoms. The smallest absolute Gasteiger partial charge is 0.306 e. The number of rotatable bonds is 9. The van der Waals surface area contributed by atoms with Gasteiger partial charge in [0.15, 0.2) is 12.4 Å². The van der Waals surface area contributed by atoms with Crippen LogP contribution in [0.5, 0.6) is 5.75 Å². The van der Waals surface area contributed by atoms with E-state index in [0.29, 0.717) is 11.3 Å². The van der Waals surface area contributed by atoms with Crippen molar-refractivity contribution in [2.75, 3.05) is 19.0 Å². The molecule has 142 valence electrons. The van der Waals surface area contributed by atoms with Crippen molar-refractivity contribution in [1.82, 2.24) is 0 Å². The molecular formula is C21H23NO5. The van der Waals surface area contributed by atoms with E-state index in [-0.39, 0.29) is 31.1 Å². The highest BCUT2D eigenvalue weighted by atomic mass is 16.5. The fourth-order valence-electron chi connectivity index (χ4n) is 2.48. The quantitative estimate of drug-likeness (QED) is 0.541. The Balaban J connectivity index is 1.77. The highest BCUT2D eigenvalue weighted by Crippen LogP contribution is 2.16. The Morgan fingerprint density at radius 3 is 2.52 bits per heavy atom. The summed E-state index contributed by atoms with van der Waals surface area (Å²) in [6.45, 7) is 1.63. The van der Waals surface area contributed by atoms with Crippen LogP contribution in [0.25, 0.3) is 0 Å². The molecule has 1 amide bonds. The molecule has 0 heterocycles. The van der Waals surface area contributed by atoms with Gasteiger partial charge in [0, 0.05) is 17.7 Å². The summed E-state index contributed by atoms with van der Waals surface area (Å²) < 4.78 is 10.0. The second-order valence-corrected chi connectivity index (χ2v) is 5.87. The molecule has 0 aliphatic rings. The van der Waals surface area contributed by atoms with E-state index >= 15 is 0 Å². The van der Waals surface area contributed by atoms with Gasteiger partial charge in [0.1, 0.15) is 5.75 Å². The number of amides is 1. The van der Waals surface area contributed by atoms with Gasteiger partial charge in [-0.3, -0.25) is 14.4 Å². The molecule has 0 aromatic heterocycles. The van der Waals surface area contributed by atoms with Crippen molar-refractivity contribution in [3.8, 4) is 5.75 Å². The minimum atomic E-state index is -0.592. The molecule has 0 radical (unpaired) electrons. The van der Waals surface area contributed by atoms with E-state index in [0.717, 1.165) is 17.7 Å². The Labute approximate surface area is 158 Å². The average Bonchev–Trinajstić information content (AvgIpc) is 2.70. The third-order valence-electron chi connectivity index (χ3n) is 3.98. The summed E-state index contributed by atoms with van der Waals surface area (Å²) >= 11 is 0. The first kappa shape index (κ1) is 20.2. The maximum Gasteiger partial charge on any atom is 0.306 e. The number of Topliss-reactive ketones (excluding diaryl/α,β-unsaturated/α-hetero) is 1. The Kier molecular flexibility index (Phi) is 7.55. The summed E-state index contributed by atoms with van der Waals surface area (Å²) in [4.78, 5) is 35.9. The number of hydrogen-bond acceptors (Lipinski definition) is 5. The fourth-order valence-corrected chi connectivity index (χ4v) is 2.48. The topological polar surface area (TPSA) is 81.7 Å². The monoisotopic (exact) mass is 369 g/mol. The summed E-state index contributed by atoms with van der Waals surface area (Å²) in [5.74, 6) is -0.642. The van der Waals surface area contributed by atoms with Crippen LogP contribution in [0.15, 0.2) is 48.5 Å². The molecule has 0 aliphatic carbocycles. The van der Waals surface area contributed by atoms with E-state index in [1.54, 1.807) is 24.3 Å². The molecule has 27 heavy (non-hydrogen) atoms. The first-order valence-electron chi connectivity index (χ1n) is 8.74. The van der Waals surface area contributed by atoms with Gasteiger partial charge in [-0.15, -0.1) is 0 Å². The molecule has 0 spiro atoms. The van der Waals surface area contributed by atoms with Crippen LogP contribution in [0.3, 0.4) is 0 Å². The molecule has 2 rings (SSSR count). The predicted molar refractivity (Wildman–Crippen MR) is 102 cm³/mol. The molecule has 0 saturated carbocycles. The van der Waals surface area contributed by atoms with E-state index in [2.05, 4.69) is 5.32 Å². The van der Waals surface area contributed by atoms with Crippen LogP contribution in [0.2, 0.25) is 0 Å². The van der Waals surface area contributed by atoms with Gasteiger partial charge in [0.2, 0.25) is 5.91 Å². The molecule has 0 atom stereocenters. The molecule has 0 fully saturated rings. The zero-order valence-electron chi connectivity index (χ0n) is 15.5. The van der Waals surface area contributed by atoms with Crippen LogP contribution in [0.1, 0.15) is 35.7 Å². The molecule has 1 N–H and O–H groups in total. The molecule has 0 bridgehead atoms. The average molecular weight is 369 g/mol. The van der Waals surface area contributed by atoms with Crippen LogP contribution in [-0.4, -0.2) is 31.4 Å². The van der Waals surface area contributed by atoms with Gasteiger partial charge in [0.05, 0.1) is 13.5 Å². The van der Waals surface area contributed by atoms with Gasteiger partial charge in [-0.25, -0.2) is 0 Å². The normalized spacial score (nSPS) is 10.1. The van der Waals surface area contributed by atoms with Gasteiger partial charge in [0.25, 0.3) is 0 Å². The number of carbonyl (C=O) groups is 3. The predicted octanol–water partition coefficient (Wildman–Crippen LogP) is 3.40. The number of ether oxygens (including phenoxy) is 2. The third-order valence-corrected chi connectivity index (χ3v) is 3.98. The minimum Gasteiger partial charge on any atom is -0.497 e. The molecule has 2 aromatic rings. The highest BCUT2D eigenvalue weighted by molar-refractivity contribution is 5.98. The Bertz CT molecular complexity index is 816. The first-order valence-corrected chi connectivity index (χ1v) is 8.74. The molecule has 6 nitrogen and oxygen atoms in total. The number of benzene rings is 2. The number of nitrogens with one attached hydrogen (secondary N) is 1. The molecule has 2 aromatic carbocycles. The summed E-state index contributed by atoms with van der Waals surface area (Å²) in [5, 5.41) is 2.79. The number of aryl methyl sites for hydroxylation is 1. The van der Waals surface area contributed by atoms with Crippen molar-refractivity contribution in [2.24, 2.45) is 0 Å². The largest absolute Gasteiger partial charge is 0.497 e. The van der Waals surface area contributed by atoms with E-state index < -0.39 is 5.97 Å². The van der Waals surface area contributed by atoms with E-state index in [4.69, 9.17) is 9.47 Å². The number of esters is 1. The standard InChI is InChI=1S/C21H23NO5/c1-3-15-7-4-5-10-18(15)22-20(24)11-12-21(25)27-14-19(23)16-8-6-9-17(13-16)26-2/h4-10,13H,3,11-12,14H2,1-2H3,(H,22,24). The number of methoxy groups -OCH3 is 1. The van der Waals surface area contributed by atoms with Crippen LogP contribution in [0.4, 0.5) is 5.69 Å². The lowest BCUT2D eigenvalue weighted by atomic mass is 10.1. The third kappa shape index (κ3) is 6.26. The maximum atomic E-state index is 12.1. The van der Waals surface area contributed by atoms with Crippen molar-refractivity contribution < 1.29 is 23.9 Å². The summed E-state index contributed by atoms with van der Waals surface area (Å²) in [5.41, 5.74) is 2.17. The Hall–Kier alpha value is -3.15. The van der Waals surface area contributed by atoms with Crippen molar-refractivity contribution in [1.29, 1.82) is 0 Å². The van der Waals surface area contributed by atoms with E-state index in [1.165, 1.54) is 7.11 Å². The van der Waals surface area contributed by atoms with E-state index in [1.807, 2.05) is 31.2 Å². The van der Waals surface area contributed by atoms with Crippen molar-refractivity contribution >= 4 is 23.3 Å². The lowest BCUT2D eigenvalue weighted by Gasteiger charge is -2.09. The summed E-state index contributed by atoms with van der Waals surface area (Å²) in [6.07, 6.45) is 0.695. The molecular weight excluding hydrogens is 346 g/mol. The molecule has 0 saturated heterocycles. The second kappa shape index (κ2) is 10.1. The van der Waals surface area contributed by atoms with Gasteiger partial charge in [-0.2, -0.15) is 0 Å². The fraction of sp³-hybridized carbons (Fsp3) is 0.286. The number of para-hydroxylation sites is 1. The van der Waals surface area contributed by atoms with Gasteiger partial charge >= 0.3 is 5.97 Å². The number of hydrogen-bond donors (Lipinski definition) is 1. The first-order chi connectivity index (χ1) is 13.0. The van der Waals surface area contributed by atoms with Crippen molar-refractivity contribution in [3.63, 3.8) is 0 Å². The van der Waals surface area contributed by atoms with Crippen LogP contribution in [-0.2, 0) is 20.7 Å². The molecule has 0 unspecified atom stereocenters. The summed E-state index contributed by atoms with van der Waals surface area (Å²) in [7, 11) is 1.51. The zero-order chi connectivity index (χ0) is 19.6. The lowest BCUT2D eigenvalue weighted by Crippen LogP contribution is -2.18. The second-order valence-electron chi connectivity index (χ2n) is 5.87. The number of carbonyl (C=O) groups excluding carboxylic acids is 3. The molecule has 0 aliphatic heterocycles. The van der Waals surface area contributed by atoms with Crippen LogP contribution < -0.4 is 10.1 Å².